The molecule has 1 fully saturated rings. The van der Waals surface area contributed by atoms with Crippen molar-refractivity contribution in [1.82, 2.24) is 5.06 Å². The minimum Gasteiger partial charge on any atom is -0.324 e. The van der Waals surface area contributed by atoms with Gasteiger partial charge in [-0.3, -0.25) is 4.84 Å². The third-order valence-electron chi connectivity index (χ3n) is 1.66. The van der Waals surface area contributed by atoms with E-state index in [1.54, 1.807) is 5.06 Å². The van der Waals surface area contributed by atoms with Gasteiger partial charge in [0, 0.05) is 6.54 Å². The van der Waals surface area contributed by atoms with Crippen molar-refractivity contribution in [2.45, 2.75) is 19.0 Å². The van der Waals surface area contributed by atoms with Crippen molar-refractivity contribution in [1.29, 1.82) is 0 Å². The van der Waals surface area contributed by atoms with Gasteiger partial charge in [-0.2, -0.15) is 5.06 Å². The number of nitrogens with zero attached hydrogens (tertiary/aromatic N) is 1. The van der Waals surface area contributed by atoms with Gasteiger partial charge in [-0.25, -0.2) is 0 Å². The molecule has 4 nitrogen and oxygen atoms in total. The summed E-state index contributed by atoms with van der Waals surface area (Å²) >= 11 is 0. The Bertz CT molecular complexity index is 129. The first-order chi connectivity index (χ1) is 4.79. The second-order valence-corrected chi connectivity index (χ2v) is 2.32. The zero-order valence-corrected chi connectivity index (χ0v) is 5.99. The first-order valence-corrected chi connectivity index (χ1v) is 3.40. The number of hydroxylamine groups is 2. The van der Waals surface area contributed by atoms with Crippen molar-refractivity contribution in [3.63, 3.8) is 0 Å². The molecule has 1 unspecified atom stereocenters. The summed E-state index contributed by atoms with van der Waals surface area (Å²) in [5, 5.41) is 1.61. The summed E-state index contributed by atoms with van der Waals surface area (Å²) in [7, 11) is 0. The summed E-state index contributed by atoms with van der Waals surface area (Å²) < 4.78 is 0. The van der Waals surface area contributed by atoms with Crippen LogP contribution in [0, 0.1) is 0 Å². The molecule has 2 atom stereocenters. The molecule has 0 aromatic rings. The van der Waals surface area contributed by atoms with E-state index in [0.717, 1.165) is 6.29 Å². The smallest absolute Gasteiger partial charge is 0.141 e. The fourth-order valence-corrected chi connectivity index (χ4v) is 1.05. The van der Waals surface area contributed by atoms with Crippen LogP contribution in [0.25, 0.3) is 0 Å². The largest absolute Gasteiger partial charge is 0.324 e. The molecular formula is C6H12N2O2. The highest BCUT2D eigenvalue weighted by molar-refractivity contribution is 5.59. The van der Waals surface area contributed by atoms with E-state index in [9.17, 15) is 4.79 Å². The Balaban J connectivity index is 2.53. The van der Waals surface area contributed by atoms with E-state index in [-0.39, 0.29) is 12.1 Å². The van der Waals surface area contributed by atoms with Crippen molar-refractivity contribution in [2.75, 3.05) is 13.2 Å². The number of carbonyl (C=O) groups is 1. The molecule has 1 rings (SSSR count). The Labute approximate surface area is 59.9 Å². The molecule has 1 aliphatic rings. The van der Waals surface area contributed by atoms with Gasteiger partial charge >= 0.3 is 0 Å². The maximum atomic E-state index is 10.4. The lowest BCUT2D eigenvalue weighted by atomic mass is 10.2. The predicted molar refractivity (Wildman–Crippen MR) is 36.2 cm³/mol. The van der Waals surface area contributed by atoms with E-state index in [4.69, 9.17) is 10.6 Å². The molecule has 1 saturated heterocycles. The van der Waals surface area contributed by atoms with E-state index < -0.39 is 0 Å². The highest BCUT2D eigenvalue weighted by atomic mass is 16.7. The lowest BCUT2D eigenvalue weighted by molar-refractivity contribution is -0.140. The monoisotopic (exact) mass is 144 g/mol. The lowest BCUT2D eigenvalue weighted by Gasteiger charge is -2.16. The van der Waals surface area contributed by atoms with Crippen molar-refractivity contribution in [3.8, 4) is 0 Å². The molecule has 1 heterocycles. The number of carbonyl (C=O) groups excluding carboxylic acids is 1. The number of rotatable bonds is 2. The van der Waals surface area contributed by atoms with Gasteiger partial charge in [0.25, 0.3) is 0 Å². The normalized spacial score (nSPS) is 34.6. The summed E-state index contributed by atoms with van der Waals surface area (Å²) in [6.07, 6.45) is 0.834. The highest BCUT2D eigenvalue weighted by Gasteiger charge is 2.31. The maximum Gasteiger partial charge on any atom is 0.141 e. The molecule has 58 valence electrons. The van der Waals surface area contributed by atoms with Gasteiger partial charge in [0.05, 0.1) is 12.6 Å². The Hall–Kier alpha value is -0.450. The molecular weight excluding hydrogens is 132 g/mol. The number of aldehydes is 1. The zero-order valence-electron chi connectivity index (χ0n) is 5.99. The molecule has 0 spiro atoms. The summed E-state index contributed by atoms with van der Waals surface area (Å²) in [6, 6.07) is -0.401. The standard InChI is InChI=1S/C6H12N2O2/c1-2-8-6(3-9)5(7)4-10-8/h3,5-6H,2,4,7H2,1H3/t5-,6?/m0/s1. The van der Waals surface area contributed by atoms with Gasteiger partial charge in [0.1, 0.15) is 12.3 Å². The van der Waals surface area contributed by atoms with Crippen LogP contribution in [0.3, 0.4) is 0 Å². The summed E-state index contributed by atoms with van der Waals surface area (Å²) in [6.45, 7) is 3.09. The predicted octanol–water partition coefficient (Wildman–Crippen LogP) is -0.852. The molecule has 0 aromatic heterocycles. The fraction of sp³-hybridized carbons (Fsp3) is 0.833. The van der Waals surface area contributed by atoms with Crippen LogP contribution in [0.15, 0.2) is 0 Å². The molecule has 0 bridgehead atoms. The van der Waals surface area contributed by atoms with Gasteiger partial charge in [-0.1, -0.05) is 6.92 Å². The van der Waals surface area contributed by atoms with Crippen molar-refractivity contribution < 1.29 is 9.63 Å². The lowest BCUT2D eigenvalue weighted by Crippen LogP contribution is -2.40. The molecule has 0 aliphatic carbocycles. The maximum absolute atomic E-state index is 10.4. The molecule has 4 heteroatoms. The Morgan fingerprint density at radius 2 is 2.60 bits per heavy atom. The average Bonchev–Trinajstić information content (AvgIpc) is 2.30. The van der Waals surface area contributed by atoms with Crippen LogP contribution in [0.2, 0.25) is 0 Å². The Kier molecular flexibility index (Phi) is 2.37. The van der Waals surface area contributed by atoms with Crippen LogP contribution in [0.4, 0.5) is 0 Å². The van der Waals surface area contributed by atoms with Gasteiger partial charge in [-0.05, 0) is 0 Å². The van der Waals surface area contributed by atoms with Crippen LogP contribution in [-0.2, 0) is 9.63 Å². The van der Waals surface area contributed by atoms with Gasteiger partial charge < -0.3 is 10.5 Å². The molecule has 0 saturated carbocycles. The van der Waals surface area contributed by atoms with Crippen molar-refractivity contribution in [2.24, 2.45) is 5.73 Å². The number of nitrogens with two attached hydrogens (primary N) is 1. The van der Waals surface area contributed by atoms with Crippen LogP contribution in [0.1, 0.15) is 6.92 Å². The van der Waals surface area contributed by atoms with Crippen LogP contribution < -0.4 is 5.73 Å². The molecule has 0 aromatic carbocycles. The van der Waals surface area contributed by atoms with E-state index >= 15 is 0 Å². The topological polar surface area (TPSA) is 55.6 Å². The Morgan fingerprint density at radius 3 is 3.00 bits per heavy atom. The summed E-state index contributed by atoms with van der Waals surface area (Å²) in [5.74, 6) is 0. The molecule has 2 N–H and O–H groups in total. The number of hydrogen-bond acceptors (Lipinski definition) is 4. The summed E-state index contributed by atoms with van der Waals surface area (Å²) in [5.41, 5.74) is 5.56. The average molecular weight is 144 g/mol. The van der Waals surface area contributed by atoms with Gasteiger partial charge in [-0.15, -0.1) is 0 Å². The van der Waals surface area contributed by atoms with Crippen molar-refractivity contribution in [3.05, 3.63) is 0 Å². The van der Waals surface area contributed by atoms with Crippen molar-refractivity contribution >= 4 is 6.29 Å². The minimum absolute atomic E-state index is 0.155. The van der Waals surface area contributed by atoms with E-state index in [0.29, 0.717) is 13.2 Å². The van der Waals surface area contributed by atoms with E-state index in [1.807, 2.05) is 6.92 Å². The molecule has 10 heavy (non-hydrogen) atoms. The SMILES string of the molecule is CCN1OC[C@H](N)C1C=O. The molecule has 1 aliphatic heterocycles. The zero-order chi connectivity index (χ0) is 7.56. The second-order valence-electron chi connectivity index (χ2n) is 2.32. The fourth-order valence-electron chi connectivity index (χ4n) is 1.05. The third-order valence-corrected chi connectivity index (χ3v) is 1.66. The van der Waals surface area contributed by atoms with Gasteiger partial charge in [0.2, 0.25) is 0 Å². The quantitative estimate of drug-likeness (QED) is 0.513. The van der Waals surface area contributed by atoms with Crippen LogP contribution in [-0.4, -0.2) is 36.6 Å². The number of likely N-dealkylation sites (N-methyl/N-ethyl adjacent to an activating group) is 1. The van der Waals surface area contributed by atoms with E-state index in [2.05, 4.69) is 0 Å². The first-order valence-electron chi connectivity index (χ1n) is 3.40. The van der Waals surface area contributed by atoms with Crippen LogP contribution >= 0.6 is 0 Å². The Morgan fingerprint density at radius 1 is 1.90 bits per heavy atom. The van der Waals surface area contributed by atoms with Crippen LogP contribution in [0.5, 0.6) is 0 Å². The molecule has 0 radical (unpaired) electrons. The molecule has 0 amide bonds. The second kappa shape index (κ2) is 3.09. The third kappa shape index (κ3) is 1.18. The van der Waals surface area contributed by atoms with E-state index in [1.165, 1.54) is 0 Å². The summed E-state index contributed by atoms with van der Waals surface area (Å²) in [4.78, 5) is 15.5. The van der Waals surface area contributed by atoms with Gasteiger partial charge in [0.15, 0.2) is 0 Å². The first kappa shape index (κ1) is 7.65. The highest BCUT2D eigenvalue weighted by Crippen LogP contribution is 2.10. The minimum atomic E-state index is -0.245. The number of hydrogen-bond donors (Lipinski definition) is 1.